The molecule has 1 aromatic heterocycles. The van der Waals surface area contributed by atoms with Gasteiger partial charge in [-0.1, -0.05) is 18.1 Å². The van der Waals surface area contributed by atoms with Crippen LogP contribution in [0.15, 0.2) is 40.8 Å². The number of terminal acetylenes is 1. The summed E-state index contributed by atoms with van der Waals surface area (Å²) in [7, 11) is 0. The summed E-state index contributed by atoms with van der Waals surface area (Å²) < 4.78 is 5.72. The maximum atomic E-state index is 9.45. The number of rotatable bonds is 6. The predicted octanol–water partition coefficient (Wildman–Crippen LogP) is 2.64. The van der Waals surface area contributed by atoms with E-state index in [4.69, 9.17) is 10.8 Å². The van der Waals surface area contributed by atoms with Gasteiger partial charge in [0.05, 0.1) is 6.54 Å². The Labute approximate surface area is 150 Å². The Hall–Kier alpha value is -2.06. The Balaban J connectivity index is 1.60. The van der Waals surface area contributed by atoms with E-state index in [9.17, 15) is 5.11 Å². The molecule has 0 aliphatic carbocycles. The van der Waals surface area contributed by atoms with Crippen LogP contribution in [0.1, 0.15) is 29.1 Å². The molecule has 25 heavy (non-hydrogen) atoms. The van der Waals surface area contributed by atoms with Crippen LogP contribution in [0.5, 0.6) is 0 Å². The van der Waals surface area contributed by atoms with Crippen LogP contribution < -0.4 is 0 Å². The van der Waals surface area contributed by atoms with E-state index < -0.39 is 0 Å². The normalized spacial score (nSPS) is 19.0. The van der Waals surface area contributed by atoms with Gasteiger partial charge in [-0.2, -0.15) is 0 Å². The fraction of sp³-hybridized carbons (Fsp3) is 0.429. The van der Waals surface area contributed by atoms with Gasteiger partial charge in [-0.25, -0.2) is 0 Å². The molecule has 1 saturated heterocycles. The molecule has 1 unspecified atom stereocenters. The summed E-state index contributed by atoms with van der Waals surface area (Å²) in [6.45, 7) is 6.85. The number of benzene rings is 1. The number of aliphatic hydroxyl groups excluding tert-OH is 1. The number of aliphatic hydroxyl groups is 1. The Morgan fingerprint density at radius 3 is 2.60 bits per heavy atom. The molecule has 1 aliphatic heterocycles. The van der Waals surface area contributed by atoms with E-state index in [1.54, 1.807) is 0 Å². The van der Waals surface area contributed by atoms with Gasteiger partial charge in [-0.15, -0.1) is 6.42 Å². The van der Waals surface area contributed by atoms with Gasteiger partial charge in [0.25, 0.3) is 0 Å². The second-order valence-electron chi connectivity index (χ2n) is 6.73. The fourth-order valence-electron chi connectivity index (χ4n) is 3.47. The molecule has 0 bridgehead atoms. The molecule has 1 N–H and O–H groups in total. The third-order valence-corrected chi connectivity index (χ3v) is 4.83. The van der Waals surface area contributed by atoms with Gasteiger partial charge in [0.2, 0.25) is 0 Å². The molecule has 2 aromatic rings. The summed E-state index contributed by atoms with van der Waals surface area (Å²) in [4.78, 5) is 4.88. The molecular weight excluding hydrogens is 312 g/mol. The first-order valence-electron chi connectivity index (χ1n) is 8.86. The van der Waals surface area contributed by atoms with Crippen molar-refractivity contribution in [2.75, 3.05) is 26.2 Å². The minimum absolute atomic E-state index is 0.211. The topological polar surface area (TPSA) is 39.9 Å². The number of hydrogen-bond donors (Lipinski definition) is 1. The molecule has 0 saturated carbocycles. The molecule has 1 aliphatic rings. The zero-order valence-corrected chi connectivity index (χ0v) is 14.8. The Morgan fingerprint density at radius 2 is 1.96 bits per heavy atom. The van der Waals surface area contributed by atoms with E-state index in [2.05, 4.69) is 27.9 Å². The second kappa shape index (κ2) is 8.35. The molecule has 3 rings (SSSR count). The van der Waals surface area contributed by atoms with Gasteiger partial charge in [0, 0.05) is 44.4 Å². The highest BCUT2D eigenvalue weighted by Gasteiger charge is 2.27. The lowest BCUT2D eigenvalue weighted by atomic mass is 10.1. The molecule has 1 fully saturated rings. The van der Waals surface area contributed by atoms with E-state index in [0.717, 1.165) is 56.2 Å². The highest BCUT2D eigenvalue weighted by Crippen LogP contribution is 2.19. The minimum atomic E-state index is 0.211. The smallest absolute Gasteiger partial charge is 0.118 e. The zero-order valence-electron chi connectivity index (χ0n) is 14.8. The predicted molar refractivity (Wildman–Crippen MR) is 99.0 cm³/mol. The summed E-state index contributed by atoms with van der Waals surface area (Å²) in [5.41, 5.74) is 2.19. The van der Waals surface area contributed by atoms with Crippen molar-refractivity contribution in [3.05, 3.63) is 59.0 Å². The lowest BCUT2D eigenvalue weighted by Crippen LogP contribution is -2.52. The highest BCUT2D eigenvalue weighted by atomic mass is 16.3. The SMILES string of the molecule is C#Cc1ccc(CN2CCN(Cc3ccc(C)o3)C(CCO)C2)cc1. The monoisotopic (exact) mass is 338 g/mol. The lowest BCUT2D eigenvalue weighted by Gasteiger charge is -2.41. The Bertz CT molecular complexity index is 714. The maximum Gasteiger partial charge on any atom is 0.118 e. The molecule has 4 nitrogen and oxygen atoms in total. The van der Waals surface area contributed by atoms with Crippen LogP contribution in [0, 0.1) is 19.3 Å². The van der Waals surface area contributed by atoms with Gasteiger partial charge in [-0.3, -0.25) is 9.80 Å². The van der Waals surface area contributed by atoms with Crippen molar-refractivity contribution < 1.29 is 9.52 Å². The molecule has 1 atom stereocenters. The maximum absolute atomic E-state index is 9.45. The van der Waals surface area contributed by atoms with Crippen molar-refractivity contribution in [1.82, 2.24) is 9.80 Å². The quantitative estimate of drug-likeness (QED) is 0.822. The number of furan rings is 1. The largest absolute Gasteiger partial charge is 0.465 e. The Morgan fingerprint density at radius 1 is 1.16 bits per heavy atom. The first-order valence-corrected chi connectivity index (χ1v) is 8.86. The van der Waals surface area contributed by atoms with Crippen LogP contribution in [-0.2, 0) is 13.1 Å². The summed E-state index contributed by atoms with van der Waals surface area (Å²) in [6, 6.07) is 12.6. The van der Waals surface area contributed by atoms with Gasteiger partial charge in [0.1, 0.15) is 11.5 Å². The fourth-order valence-corrected chi connectivity index (χ4v) is 3.47. The summed E-state index contributed by atoms with van der Waals surface area (Å²) in [6.07, 6.45) is 6.20. The van der Waals surface area contributed by atoms with Crippen LogP contribution in [-0.4, -0.2) is 47.2 Å². The average Bonchev–Trinajstić information content (AvgIpc) is 3.03. The molecule has 1 aromatic carbocycles. The molecule has 0 amide bonds. The van der Waals surface area contributed by atoms with Crippen molar-refractivity contribution >= 4 is 0 Å². The first-order chi connectivity index (χ1) is 12.2. The highest BCUT2D eigenvalue weighted by molar-refractivity contribution is 5.34. The summed E-state index contributed by atoms with van der Waals surface area (Å²) >= 11 is 0. The van der Waals surface area contributed by atoms with Crippen LogP contribution in [0.4, 0.5) is 0 Å². The number of aryl methyl sites for hydroxylation is 1. The van der Waals surface area contributed by atoms with Gasteiger partial charge < -0.3 is 9.52 Å². The lowest BCUT2D eigenvalue weighted by molar-refractivity contribution is 0.0454. The standard InChI is InChI=1S/C21H26N2O2/c1-3-18-5-7-19(8-6-18)14-22-11-12-23(20(15-22)10-13-24)16-21-9-4-17(2)25-21/h1,4-9,20,24H,10-16H2,2H3. The molecular formula is C21H26N2O2. The van der Waals surface area contributed by atoms with Crippen molar-refractivity contribution in [2.45, 2.75) is 32.5 Å². The van der Waals surface area contributed by atoms with E-state index in [-0.39, 0.29) is 6.61 Å². The molecule has 0 spiro atoms. The van der Waals surface area contributed by atoms with Gasteiger partial charge in [-0.05, 0) is 43.2 Å². The van der Waals surface area contributed by atoms with Crippen LogP contribution in [0.2, 0.25) is 0 Å². The average molecular weight is 338 g/mol. The van der Waals surface area contributed by atoms with Crippen LogP contribution in [0.25, 0.3) is 0 Å². The number of piperazine rings is 1. The van der Waals surface area contributed by atoms with Crippen LogP contribution in [0.3, 0.4) is 0 Å². The second-order valence-corrected chi connectivity index (χ2v) is 6.73. The van der Waals surface area contributed by atoms with Crippen LogP contribution >= 0.6 is 0 Å². The summed E-state index contributed by atoms with van der Waals surface area (Å²) in [5.74, 6) is 4.60. The van der Waals surface area contributed by atoms with Crippen molar-refractivity contribution in [3.63, 3.8) is 0 Å². The number of nitrogens with zero attached hydrogens (tertiary/aromatic N) is 2. The van der Waals surface area contributed by atoms with E-state index >= 15 is 0 Å². The van der Waals surface area contributed by atoms with Crippen molar-refractivity contribution in [2.24, 2.45) is 0 Å². The van der Waals surface area contributed by atoms with E-state index in [0.29, 0.717) is 6.04 Å². The molecule has 2 heterocycles. The van der Waals surface area contributed by atoms with Gasteiger partial charge >= 0.3 is 0 Å². The zero-order chi connectivity index (χ0) is 17.6. The van der Waals surface area contributed by atoms with Crippen molar-refractivity contribution in [3.8, 4) is 12.3 Å². The third kappa shape index (κ3) is 4.73. The van der Waals surface area contributed by atoms with E-state index in [1.165, 1.54) is 5.56 Å². The van der Waals surface area contributed by atoms with Crippen molar-refractivity contribution in [1.29, 1.82) is 0 Å². The van der Waals surface area contributed by atoms with Gasteiger partial charge in [0.15, 0.2) is 0 Å². The summed E-state index contributed by atoms with van der Waals surface area (Å²) in [5, 5.41) is 9.45. The number of hydrogen-bond acceptors (Lipinski definition) is 4. The first kappa shape index (κ1) is 17.8. The molecule has 132 valence electrons. The molecule has 0 radical (unpaired) electrons. The Kier molecular flexibility index (Phi) is 5.93. The minimum Gasteiger partial charge on any atom is -0.465 e. The molecule has 4 heteroatoms. The third-order valence-electron chi connectivity index (χ3n) is 4.83. The van der Waals surface area contributed by atoms with E-state index in [1.807, 2.05) is 31.2 Å².